The molecule has 4 heteroatoms. The third-order valence-corrected chi connectivity index (χ3v) is 3.54. The molecule has 0 spiro atoms. The fourth-order valence-electron chi connectivity index (χ4n) is 2.27. The van der Waals surface area contributed by atoms with Gasteiger partial charge in [0.05, 0.1) is 19.7 Å². The highest BCUT2D eigenvalue weighted by Crippen LogP contribution is 2.17. The average Bonchev–Trinajstić information content (AvgIpc) is 2.74. The van der Waals surface area contributed by atoms with Crippen molar-refractivity contribution in [2.75, 3.05) is 20.3 Å². The maximum atomic E-state index is 5.98. The molecule has 1 aromatic rings. The molecule has 0 aliphatic heterocycles. The molecular formula is C16H30N2O2. The molecule has 4 nitrogen and oxygen atoms in total. The molecule has 0 aromatic carbocycles. The average molecular weight is 282 g/mol. The largest absolute Gasteiger partial charge is 0.463 e. The summed E-state index contributed by atoms with van der Waals surface area (Å²) >= 11 is 0. The Balaban J connectivity index is 2.64. The van der Waals surface area contributed by atoms with E-state index in [1.807, 2.05) is 0 Å². The van der Waals surface area contributed by atoms with Gasteiger partial charge < -0.3 is 14.5 Å². The number of rotatable bonds is 9. The SMILES string of the molecule is CCN(Cc1cc(C)c(CNC(C)C)o1)C(C)COC. The Morgan fingerprint density at radius 2 is 2.05 bits per heavy atom. The van der Waals surface area contributed by atoms with E-state index in [0.29, 0.717) is 12.1 Å². The topological polar surface area (TPSA) is 37.6 Å². The number of likely N-dealkylation sites (N-methyl/N-ethyl adjacent to an activating group) is 1. The van der Waals surface area contributed by atoms with E-state index >= 15 is 0 Å². The number of hydrogen-bond donors (Lipinski definition) is 1. The molecule has 116 valence electrons. The van der Waals surface area contributed by atoms with Crippen LogP contribution < -0.4 is 5.32 Å². The van der Waals surface area contributed by atoms with E-state index in [-0.39, 0.29) is 0 Å². The van der Waals surface area contributed by atoms with Gasteiger partial charge in [0, 0.05) is 19.2 Å². The van der Waals surface area contributed by atoms with Crippen LogP contribution in [0.5, 0.6) is 0 Å². The summed E-state index contributed by atoms with van der Waals surface area (Å²) in [5, 5.41) is 3.40. The van der Waals surface area contributed by atoms with Crippen LogP contribution >= 0.6 is 0 Å². The number of ether oxygens (including phenoxy) is 1. The second-order valence-corrected chi connectivity index (χ2v) is 5.72. The molecule has 1 aromatic heterocycles. The summed E-state index contributed by atoms with van der Waals surface area (Å²) in [5.74, 6) is 2.08. The molecule has 0 radical (unpaired) electrons. The zero-order valence-corrected chi connectivity index (χ0v) is 13.8. The first-order valence-corrected chi connectivity index (χ1v) is 7.52. The van der Waals surface area contributed by atoms with Crippen molar-refractivity contribution in [3.63, 3.8) is 0 Å². The van der Waals surface area contributed by atoms with Gasteiger partial charge in [0.2, 0.25) is 0 Å². The van der Waals surface area contributed by atoms with Gasteiger partial charge in [0.15, 0.2) is 0 Å². The van der Waals surface area contributed by atoms with Gasteiger partial charge >= 0.3 is 0 Å². The maximum absolute atomic E-state index is 5.98. The van der Waals surface area contributed by atoms with E-state index in [9.17, 15) is 0 Å². The highest BCUT2D eigenvalue weighted by molar-refractivity contribution is 5.20. The number of nitrogens with one attached hydrogen (secondary N) is 1. The predicted octanol–water partition coefficient (Wildman–Crippen LogP) is 2.94. The molecular weight excluding hydrogens is 252 g/mol. The lowest BCUT2D eigenvalue weighted by Crippen LogP contribution is -2.35. The number of methoxy groups -OCH3 is 1. The molecule has 0 fully saturated rings. The molecule has 1 atom stereocenters. The lowest BCUT2D eigenvalue weighted by Gasteiger charge is -2.26. The summed E-state index contributed by atoms with van der Waals surface area (Å²) < 4.78 is 11.2. The minimum absolute atomic E-state index is 0.396. The number of aryl methyl sites for hydroxylation is 1. The van der Waals surface area contributed by atoms with Gasteiger partial charge in [-0.25, -0.2) is 0 Å². The third-order valence-electron chi connectivity index (χ3n) is 3.54. The number of furan rings is 1. The van der Waals surface area contributed by atoms with Crippen molar-refractivity contribution in [2.24, 2.45) is 0 Å². The molecule has 1 heterocycles. The third kappa shape index (κ3) is 5.27. The van der Waals surface area contributed by atoms with Gasteiger partial charge in [-0.2, -0.15) is 0 Å². The molecule has 0 aliphatic rings. The molecule has 0 amide bonds. The molecule has 1 N–H and O–H groups in total. The van der Waals surface area contributed by atoms with Crippen molar-refractivity contribution < 1.29 is 9.15 Å². The lowest BCUT2D eigenvalue weighted by atomic mass is 10.2. The van der Waals surface area contributed by atoms with Crippen LogP contribution in [0.25, 0.3) is 0 Å². The van der Waals surface area contributed by atoms with E-state index in [0.717, 1.165) is 37.8 Å². The van der Waals surface area contributed by atoms with Crippen molar-refractivity contribution in [3.05, 3.63) is 23.2 Å². The summed E-state index contributed by atoms with van der Waals surface area (Å²) in [5.41, 5.74) is 1.23. The van der Waals surface area contributed by atoms with Crippen LogP contribution in [0, 0.1) is 6.92 Å². The Bertz CT molecular complexity index is 388. The fraction of sp³-hybridized carbons (Fsp3) is 0.750. The fourth-order valence-corrected chi connectivity index (χ4v) is 2.27. The zero-order valence-electron chi connectivity index (χ0n) is 13.8. The van der Waals surface area contributed by atoms with Crippen LogP contribution in [-0.2, 0) is 17.8 Å². The van der Waals surface area contributed by atoms with Crippen molar-refractivity contribution in [2.45, 2.75) is 59.8 Å². The quantitative estimate of drug-likeness (QED) is 0.755. The molecule has 1 rings (SSSR count). The van der Waals surface area contributed by atoms with Gasteiger partial charge in [-0.15, -0.1) is 0 Å². The Morgan fingerprint density at radius 1 is 1.35 bits per heavy atom. The predicted molar refractivity (Wildman–Crippen MR) is 82.8 cm³/mol. The van der Waals surface area contributed by atoms with Crippen molar-refractivity contribution in [1.82, 2.24) is 10.2 Å². The van der Waals surface area contributed by atoms with E-state index in [1.54, 1.807) is 7.11 Å². The Hall–Kier alpha value is -0.840. The molecule has 0 saturated heterocycles. The van der Waals surface area contributed by atoms with E-state index in [4.69, 9.17) is 9.15 Å². The summed E-state index contributed by atoms with van der Waals surface area (Å²) in [6.07, 6.45) is 0. The van der Waals surface area contributed by atoms with Crippen molar-refractivity contribution in [1.29, 1.82) is 0 Å². The summed E-state index contributed by atoms with van der Waals surface area (Å²) in [6, 6.07) is 3.02. The van der Waals surface area contributed by atoms with Crippen LogP contribution in [0.4, 0.5) is 0 Å². The molecule has 0 aliphatic carbocycles. The van der Waals surface area contributed by atoms with Gasteiger partial charge in [0.25, 0.3) is 0 Å². The normalized spacial score (nSPS) is 13.4. The van der Waals surface area contributed by atoms with Crippen LogP contribution in [0.1, 0.15) is 44.8 Å². The standard InChI is InChI=1S/C16H30N2O2/c1-7-18(14(5)11-19-6)10-15-8-13(4)16(20-15)9-17-12(2)3/h8,12,14,17H,7,9-11H2,1-6H3. The molecule has 1 unspecified atom stereocenters. The van der Waals surface area contributed by atoms with Crippen molar-refractivity contribution >= 4 is 0 Å². The minimum Gasteiger partial charge on any atom is -0.463 e. The van der Waals surface area contributed by atoms with Crippen molar-refractivity contribution in [3.8, 4) is 0 Å². The van der Waals surface area contributed by atoms with Crippen LogP contribution in [0.2, 0.25) is 0 Å². The molecule has 20 heavy (non-hydrogen) atoms. The summed E-state index contributed by atoms with van der Waals surface area (Å²) in [6.45, 7) is 14.1. The summed E-state index contributed by atoms with van der Waals surface area (Å²) in [7, 11) is 1.75. The first-order chi connectivity index (χ1) is 9.47. The minimum atomic E-state index is 0.396. The second kappa shape index (κ2) is 8.45. The number of hydrogen-bond acceptors (Lipinski definition) is 4. The Labute approximate surface area is 123 Å². The Kier molecular flexibility index (Phi) is 7.27. The van der Waals surface area contributed by atoms with Crippen LogP contribution in [-0.4, -0.2) is 37.2 Å². The van der Waals surface area contributed by atoms with E-state index in [1.165, 1.54) is 5.56 Å². The first kappa shape index (κ1) is 17.2. The number of nitrogens with zero attached hydrogens (tertiary/aromatic N) is 1. The van der Waals surface area contributed by atoms with Crippen LogP contribution in [0.15, 0.2) is 10.5 Å². The second-order valence-electron chi connectivity index (χ2n) is 5.72. The monoisotopic (exact) mass is 282 g/mol. The van der Waals surface area contributed by atoms with Gasteiger partial charge in [0.1, 0.15) is 11.5 Å². The van der Waals surface area contributed by atoms with Gasteiger partial charge in [-0.1, -0.05) is 20.8 Å². The lowest BCUT2D eigenvalue weighted by molar-refractivity contribution is 0.0933. The van der Waals surface area contributed by atoms with E-state index in [2.05, 4.69) is 50.9 Å². The van der Waals surface area contributed by atoms with Crippen LogP contribution in [0.3, 0.4) is 0 Å². The molecule has 0 bridgehead atoms. The highest BCUT2D eigenvalue weighted by Gasteiger charge is 2.15. The maximum Gasteiger partial charge on any atom is 0.120 e. The highest BCUT2D eigenvalue weighted by atomic mass is 16.5. The van der Waals surface area contributed by atoms with Gasteiger partial charge in [-0.05, 0) is 32.0 Å². The smallest absolute Gasteiger partial charge is 0.120 e. The zero-order chi connectivity index (χ0) is 15.1. The first-order valence-electron chi connectivity index (χ1n) is 7.52. The summed E-state index contributed by atoms with van der Waals surface area (Å²) in [4.78, 5) is 2.36. The van der Waals surface area contributed by atoms with Gasteiger partial charge in [-0.3, -0.25) is 4.90 Å². The molecule has 0 saturated carbocycles. The Morgan fingerprint density at radius 3 is 2.60 bits per heavy atom. The van der Waals surface area contributed by atoms with E-state index < -0.39 is 0 Å².